The van der Waals surface area contributed by atoms with Crippen molar-refractivity contribution in [2.45, 2.75) is 51.0 Å². The summed E-state index contributed by atoms with van der Waals surface area (Å²) in [5, 5.41) is 2.61. The number of rotatable bonds is 5. The van der Waals surface area contributed by atoms with Gasteiger partial charge in [0.25, 0.3) is 11.5 Å². The molecule has 2 aliphatic carbocycles. The second kappa shape index (κ2) is 8.31. The Hall–Kier alpha value is -2.74. The van der Waals surface area contributed by atoms with E-state index in [4.69, 9.17) is 0 Å². The molecular formula is C24H32N6O2. The first-order valence-electron chi connectivity index (χ1n) is 11.8. The van der Waals surface area contributed by atoms with Crippen LogP contribution in [0.5, 0.6) is 0 Å². The highest BCUT2D eigenvalue weighted by Crippen LogP contribution is 2.63. The van der Waals surface area contributed by atoms with E-state index in [-0.39, 0.29) is 11.5 Å². The number of carbonyl (C=O) groups excluding carboxylic acids is 1. The number of hydrogen-bond acceptors (Lipinski definition) is 6. The monoisotopic (exact) mass is 436 g/mol. The number of nitrogens with zero attached hydrogens (tertiary/aromatic N) is 4. The minimum atomic E-state index is -0.156. The molecule has 5 rings (SSSR count). The molecule has 2 unspecified atom stereocenters. The Bertz CT molecular complexity index is 1040. The molecule has 2 aromatic rings. The van der Waals surface area contributed by atoms with Crippen LogP contribution >= 0.6 is 0 Å². The molecule has 32 heavy (non-hydrogen) atoms. The third-order valence-electron chi connectivity index (χ3n) is 7.77. The largest absolute Gasteiger partial charge is 0.368 e. The zero-order chi connectivity index (χ0) is 22.3. The predicted molar refractivity (Wildman–Crippen MR) is 123 cm³/mol. The van der Waals surface area contributed by atoms with Crippen molar-refractivity contribution in [3.8, 4) is 0 Å². The molecule has 3 heterocycles. The van der Waals surface area contributed by atoms with Crippen LogP contribution in [0.25, 0.3) is 0 Å². The molecule has 1 spiro atoms. The minimum Gasteiger partial charge on any atom is -0.368 e. The standard InChI is InChI=1S/C24H32N6O2/c1-3-18-23(32)28-20(15-27-18)16-6-7-24(12-16)13-21(24)30-10-8-29(9-11-30)17-4-5-19(26-14-17)22(31)25-2/h4-5,14-16,21H,3,6-13H2,1-2H3,(H,25,31)(H,28,32)/t16-,21?,24?/m1/s1. The Morgan fingerprint density at radius 3 is 2.66 bits per heavy atom. The summed E-state index contributed by atoms with van der Waals surface area (Å²) in [5.74, 6) is 0.272. The van der Waals surface area contributed by atoms with E-state index in [1.165, 1.54) is 12.8 Å². The Balaban J connectivity index is 1.16. The second-order valence-corrected chi connectivity index (χ2v) is 9.49. The fraction of sp³-hybridized carbons (Fsp3) is 0.583. The first-order chi connectivity index (χ1) is 15.5. The van der Waals surface area contributed by atoms with Crippen molar-refractivity contribution < 1.29 is 4.79 Å². The summed E-state index contributed by atoms with van der Waals surface area (Å²) < 4.78 is 0. The molecule has 8 heteroatoms. The van der Waals surface area contributed by atoms with Crippen molar-refractivity contribution in [3.05, 3.63) is 52.0 Å². The van der Waals surface area contributed by atoms with Gasteiger partial charge in [-0.05, 0) is 49.7 Å². The van der Waals surface area contributed by atoms with Gasteiger partial charge < -0.3 is 15.2 Å². The van der Waals surface area contributed by atoms with Gasteiger partial charge in [-0.25, -0.2) is 4.98 Å². The fourth-order valence-corrected chi connectivity index (χ4v) is 5.78. The molecule has 170 valence electrons. The van der Waals surface area contributed by atoms with Crippen LogP contribution in [-0.4, -0.2) is 65.0 Å². The van der Waals surface area contributed by atoms with E-state index in [9.17, 15) is 9.59 Å². The topological polar surface area (TPSA) is 94.2 Å². The van der Waals surface area contributed by atoms with Crippen LogP contribution < -0.4 is 15.8 Å². The van der Waals surface area contributed by atoms with Crippen LogP contribution in [0.4, 0.5) is 5.69 Å². The van der Waals surface area contributed by atoms with Gasteiger partial charge in [-0.15, -0.1) is 0 Å². The first-order valence-corrected chi connectivity index (χ1v) is 11.8. The zero-order valence-electron chi connectivity index (χ0n) is 18.9. The Kier molecular flexibility index (Phi) is 5.49. The Morgan fingerprint density at radius 1 is 1.19 bits per heavy atom. The molecule has 0 bridgehead atoms. The van der Waals surface area contributed by atoms with E-state index in [0.717, 1.165) is 50.4 Å². The van der Waals surface area contributed by atoms with E-state index < -0.39 is 0 Å². The van der Waals surface area contributed by atoms with Gasteiger partial charge >= 0.3 is 0 Å². The lowest BCUT2D eigenvalue weighted by Gasteiger charge is -2.37. The van der Waals surface area contributed by atoms with Gasteiger partial charge in [0, 0.05) is 57.1 Å². The molecule has 8 nitrogen and oxygen atoms in total. The van der Waals surface area contributed by atoms with Crippen LogP contribution in [0.15, 0.2) is 29.3 Å². The molecule has 1 aliphatic heterocycles. The van der Waals surface area contributed by atoms with Crippen molar-refractivity contribution in [1.29, 1.82) is 0 Å². The van der Waals surface area contributed by atoms with Crippen LogP contribution in [-0.2, 0) is 6.42 Å². The third kappa shape index (κ3) is 3.81. The predicted octanol–water partition coefficient (Wildman–Crippen LogP) is 1.94. The Morgan fingerprint density at radius 2 is 2.00 bits per heavy atom. The highest BCUT2D eigenvalue weighted by Gasteiger charge is 2.60. The molecule has 3 fully saturated rings. The maximum atomic E-state index is 12.2. The summed E-state index contributed by atoms with van der Waals surface area (Å²) >= 11 is 0. The summed E-state index contributed by atoms with van der Waals surface area (Å²) in [7, 11) is 1.62. The molecule has 0 aromatic carbocycles. The smallest absolute Gasteiger partial charge is 0.269 e. The molecule has 3 aliphatic rings. The van der Waals surface area contributed by atoms with Gasteiger partial charge in [0.05, 0.1) is 11.9 Å². The molecule has 1 amide bonds. The number of piperazine rings is 1. The number of hydrogen-bond donors (Lipinski definition) is 2. The fourth-order valence-electron chi connectivity index (χ4n) is 5.78. The number of aromatic nitrogens is 3. The lowest BCUT2D eigenvalue weighted by atomic mass is 9.99. The average molecular weight is 437 g/mol. The average Bonchev–Trinajstić information content (AvgIpc) is 3.37. The third-order valence-corrected chi connectivity index (χ3v) is 7.77. The maximum Gasteiger partial charge on any atom is 0.269 e. The molecule has 3 atom stereocenters. The van der Waals surface area contributed by atoms with Crippen molar-refractivity contribution in [2.24, 2.45) is 5.41 Å². The molecule has 2 saturated carbocycles. The quantitative estimate of drug-likeness (QED) is 0.744. The van der Waals surface area contributed by atoms with E-state index in [0.29, 0.717) is 35.2 Å². The van der Waals surface area contributed by atoms with Gasteiger partial charge in [-0.2, -0.15) is 0 Å². The van der Waals surface area contributed by atoms with Gasteiger partial charge in [0.1, 0.15) is 11.4 Å². The zero-order valence-corrected chi connectivity index (χ0v) is 18.9. The van der Waals surface area contributed by atoms with Crippen LogP contribution in [0, 0.1) is 5.41 Å². The van der Waals surface area contributed by atoms with Gasteiger partial charge in [0.15, 0.2) is 0 Å². The summed E-state index contributed by atoms with van der Waals surface area (Å²) in [6, 6.07) is 4.45. The van der Waals surface area contributed by atoms with Crippen LogP contribution in [0.2, 0.25) is 0 Å². The normalized spacial score (nSPS) is 27.6. The summed E-state index contributed by atoms with van der Waals surface area (Å²) in [6.45, 7) is 6.03. The number of H-pyrrole nitrogens is 1. The number of anilines is 1. The number of aryl methyl sites for hydroxylation is 1. The summed E-state index contributed by atoms with van der Waals surface area (Å²) in [5.41, 5.74) is 3.58. The molecule has 2 aromatic heterocycles. The van der Waals surface area contributed by atoms with Gasteiger partial charge in [-0.1, -0.05) is 6.92 Å². The lowest BCUT2D eigenvalue weighted by Crippen LogP contribution is -2.48. The molecule has 1 saturated heterocycles. The SMILES string of the molecule is CCc1ncc([C@@H]2CCC3(CC3N3CCN(c4ccc(C(=O)NC)nc4)CC3)C2)[nH]c1=O. The first kappa shape index (κ1) is 21.1. The van der Waals surface area contributed by atoms with Gasteiger partial charge in [0.2, 0.25) is 0 Å². The molecule has 2 N–H and O–H groups in total. The molecule has 0 radical (unpaired) electrons. The van der Waals surface area contributed by atoms with Gasteiger partial charge in [-0.3, -0.25) is 19.5 Å². The number of aromatic amines is 1. The highest BCUT2D eigenvalue weighted by molar-refractivity contribution is 5.92. The van der Waals surface area contributed by atoms with Crippen molar-refractivity contribution in [3.63, 3.8) is 0 Å². The minimum absolute atomic E-state index is 0.0211. The van der Waals surface area contributed by atoms with E-state index in [1.54, 1.807) is 19.3 Å². The van der Waals surface area contributed by atoms with Crippen molar-refractivity contribution in [1.82, 2.24) is 25.2 Å². The van der Waals surface area contributed by atoms with Crippen molar-refractivity contribution in [2.75, 3.05) is 38.1 Å². The number of amides is 1. The summed E-state index contributed by atoms with van der Waals surface area (Å²) in [4.78, 5) is 40.7. The van der Waals surface area contributed by atoms with E-state index >= 15 is 0 Å². The summed E-state index contributed by atoms with van der Waals surface area (Å²) in [6.07, 6.45) is 9.19. The number of pyridine rings is 1. The maximum absolute atomic E-state index is 12.2. The lowest BCUT2D eigenvalue weighted by molar-refractivity contribution is 0.0958. The number of carbonyl (C=O) groups is 1. The molecular weight excluding hydrogens is 404 g/mol. The van der Waals surface area contributed by atoms with E-state index in [2.05, 4.69) is 30.1 Å². The van der Waals surface area contributed by atoms with Crippen LogP contribution in [0.3, 0.4) is 0 Å². The van der Waals surface area contributed by atoms with E-state index in [1.807, 2.05) is 19.2 Å². The Labute approximate surface area is 188 Å². The van der Waals surface area contributed by atoms with Crippen molar-refractivity contribution >= 4 is 11.6 Å². The second-order valence-electron chi connectivity index (χ2n) is 9.49. The highest BCUT2D eigenvalue weighted by atomic mass is 16.1. The number of nitrogens with one attached hydrogen (secondary N) is 2. The van der Waals surface area contributed by atoms with Crippen LogP contribution in [0.1, 0.15) is 60.4 Å².